The number of hydrogen-bond donors (Lipinski definition) is 1. The molecule has 6 heteroatoms. The van der Waals surface area contributed by atoms with E-state index in [4.69, 9.17) is 4.74 Å². The van der Waals surface area contributed by atoms with Crippen molar-refractivity contribution in [1.29, 1.82) is 0 Å². The summed E-state index contributed by atoms with van der Waals surface area (Å²) in [6.45, 7) is 7.72. The minimum Gasteiger partial charge on any atom is -0.381 e. The van der Waals surface area contributed by atoms with Crippen LogP contribution in [-0.4, -0.2) is 28.2 Å². The van der Waals surface area contributed by atoms with Crippen LogP contribution in [0.5, 0.6) is 0 Å². The van der Waals surface area contributed by atoms with Crippen LogP contribution in [0.25, 0.3) is 0 Å². The Bertz CT molecular complexity index is 529. The molecule has 20 heavy (non-hydrogen) atoms. The predicted molar refractivity (Wildman–Crippen MR) is 84.3 cm³/mol. The summed E-state index contributed by atoms with van der Waals surface area (Å²) in [7, 11) is -3.46. The molecule has 114 valence electrons. The summed E-state index contributed by atoms with van der Waals surface area (Å²) in [5.74, 6) is 0.496. The van der Waals surface area contributed by atoms with Gasteiger partial charge in [-0.05, 0) is 52.9 Å². The highest BCUT2D eigenvalue weighted by atomic mass is 79.9. The molecule has 1 N–H and O–H groups in total. The van der Waals surface area contributed by atoms with Crippen LogP contribution < -0.4 is 4.72 Å². The minimum atomic E-state index is -3.46. The van der Waals surface area contributed by atoms with Crippen LogP contribution in [0.15, 0.2) is 27.6 Å². The Labute approximate surface area is 130 Å². The largest absolute Gasteiger partial charge is 0.381 e. The number of benzene rings is 1. The van der Waals surface area contributed by atoms with Gasteiger partial charge >= 0.3 is 0 Å². The lowest BCUT2D eigenvalue weighted by molar-refractivity contribution is 0.108. The monoisotopic (exact) mass is 363 g/mol. The van der Waals surface area contributed by atoms with Crippen molar-refractivity contribution in [3.63, 3.8) is 0 Å². The highest BCUT2D eigenvalue weighted by Gasteiger charge is 2.16. The third-order valence-corrected chi connectivity index (χ3v) is 5.02. The van der Waals surface area contributed by atoms with Crippen LogP contribution in [0.3, 0.4) is 0 Å². The number of aryl methyl sites for hydroxylation is 1. The van der Waals surface area contributed by atoms with Crippen molar-refractivity contribution in [2.75, 3.05) is 19.8 Å². The van der Waals surface area contributed by atoms with E-state index in [0.717, 1.165) is 5.56 Å². The molecule has 4 nitrogen and oxygen atoms in total. The molecule has 0 aliphatic rings. The standard InChI is InChI=1S/C14H22BrNO3S/c1-11(2)10-19-8-4-7-16-20(17,18)14-6-5-12(3)9-13(14)15/h5-6,9,11,16H,4,7-8,10H2,1-3H3. The van der Waals surface area contributed by atoms with Crippen LogP contribution in [0.4, 0.5) is 0 Å². The second-order valence-corrected chi connectivity index (χ2v) is 7.74. The van der Waals surface area contributed by atoms with Crippen LogP contribution in [-0.2, 0) is 14.8 Å². The highest BCUT2D eigenvalue weighted by molar-refractivity contribution is 9.10. The first-order valence-electron chi connectivity index (χ1n) is 6.66. The minimum absolute atomic E-state index is 0.270. The summed E-state index contributed by atoms with van der Waals surface area (Å²) >= 11 is 3.29. The fourth-order valence-electron chi connectivity index (χ4n) is 1.60. The van der Waals surface area contributed by atoms with E-state index in [0.29, 0.717) is 36.6 Å². The fourth-order valence-corrected chi connectivity index (χ4v) is 3.87. The van der Waals surface area contributed by atoms with E-state index in [-0.39, 0.29) is 4.90 Å². The molecule has 1 aromatic carbocycles. The van der Waals surface area contributed by atoms with E-state index < -0.39 is 10.0 Å². The zero-order chi connectivity index (χ0) is 15.2. The summed E-state index contributed by atoms with van der Waals surface area (Å²) in [4.78, 5) is 0.270. The van der Waals surface area contributed by atoms with Crippen LogP contribution in [0, 0.1) is 12.8 Å². The molecule has 0 saturated heterocycles. The van der Waals surface area contributed by atoms with E-state index in [9.17, 15) is 8.42 Å². The topological polar surface area (TPSA) is 55.4 Å². The Morgan fingerprint density at radius 2 is 2.05 bits per heavy atom. The molecular formula is C14H22BrNO3S. The van der Waals surface area contributed by atoms with Gasteiger partial charge in [0.1, 0.15) is 0 Å². The molecule has 0 aromatic heterocycles. The highest BCUT2D eigenvalue weighted by Crippen LogP contribution is 2.22. The SMILES string of the molecule is Cc1ccc(S(=O)(=O)NCCCOCC(C)C)c(Br)c1. The Hall–Kier alpha value is -0.430. The fraction of sp³-hybridized carbons (Fsp3) is 0.571. The first-order valence-corrected chi connectivity index (χ1v) is 8.94. The Morgan fingerprint density at radius 1 is 1.35 bits per heavy atom. The van der Waals surface area contributed by atoms with Crippen molar-refractivity contribution in [1.82, 2.24) is 4.72 Å². The summed E-state index contributed by atoms with van der Waals surface area (Å²) in [6.07, 6.45) is 0.662. The molecule has 1 aromatic rings. The molecule has 0 unspecified atom stereocenters. The average Bonchev–Trinajstić information content (AvgIpc) is 2.32. The Balaban J connectivity index is 2.46. The van der Waals surface area contributed by atoms with Gasteiger partial charge in [0, 0.05) is 24.2 Å². The van der Waals surface area contributed by atoms with Gasteiger partial charge in [-0.1, -0.05) is 19.9 Å². The average molecular weight is 364 g/mol. The zero-order valence-corrected chi connectivity index (χ0v) is 14.6. The van der Waals surface area contributed by atoms with E-state index >= 15 is 0 Å². The van der Waals surface area contributed by atoms with Crippen molar-refractivity contribution in [2.24, 2.45) is 5.92 Å². The lowest BCUT2D eigenvalue weighted by atomic mass is 10.2. The number of sulfonamides is 1. The van der Waals surface area contributed by atoms with Crippen LogP contribution in [0.1, 0.15) is 25.8 Å². The molecule has 0 aliphatic heterocycles. The van der Waals surface area contributed by atoms with Gasteiger partial charge in [-0.25, -0.2) is 13.1 Å². The van der Waals surface area contributed by atoms with Crippen molar-refractivity contribution in [2.45, 2.75) is 32.1 Å². The normalized spacial score (nSPS) is 12.1. The van der Waals surface area contributed by atoms with Gasteiger partial charge in [0.25, 0.3) is 0 Å². The van der Waals surface area contributed by atoms with Gasteiger partial charge in [-0.15, -0.1) is 0 Å². The molecule has 0 bridgehead atoms. The second-order valence-electron chi connectivity index (χ2n) is 5.15. The number of rotatable bonds is 8. The third-order valence-electron chi connectivity index (χ3n) is 2.59. The zero-order valence-electron chi connectivity index (χ0n) is 12.1. The van der Waals surface area contributed by atoms with Crippen LogP contribution in [0.2, 0.25) is 0 Å². The third kappa shape index (κ3) is 5.91. The number of ether oxygens (including phenoxy) is 1. The first kappa shape index (κ1) is 17.6. The van der Waals surface area contributed by atoms with Gasteiger partial charge in [0.2, 0.25) is 10.0 Å². The Morgan fingerprint density at radius 3 is 2.65 bits per heavy atom. The maximum Gasteiger partial charge on any atom is 0.241 e. The smallest absolute Gasteiger partial charge is 0.241 e. The molecule has 0 spiro atoms. The number of hydrogen-bond acceptors (Lipinski definition) is 3. The lowest BCUT2D eigenvalue weighted by Gasteiger charge is -2.10. The summed E-state index contributed by atoms with van der Waals surface area (Å²) in [6, 6.07) is 5.18. The van der Waals surface area contributed by atoms with Crippen LogP contribution >= 0.6 is 15.9 Å². The summed E-state index contributed by atoms with van der Waals surface area (Å²) in [5.41, 5.74) is 1.01. The molecule has 1 rings (SSSR count). The molecule has 0 atom stereocenters. The first-order chi connectivity index (χ1) is 9.33. The predicted octanol–water partition coefficient (Wildman–Crippen LogP) is 3.10. The van der Waals surface area contributed by atoms with Gasteiger partial charge in [0.05, 0.1) is 4.90 Å². The summed E-state index contributed by atoms with van der Waals surface area (Å²) < 4.78 is 32.8. The van der Waals surface area contributed by atoms with Gasteiger partial charge in [0.15, 0.2) is 0 Å². The molecule has 0 fully saturated rings. The molecule has 0 amide bonds. The maximum atomic E-state index is 12.1. The van der Waals surface area contributed by atoms with Crippen molar-refractivity contribution in [3.05, 3.63) is 28.2 Å². The molecule has 0 saturated carbocycles. The second kappa shape index (κ2) is 8.12. The van der Waals surface area contributed by atoms with E-state index in [2.05, 4.69) is 34.5 Å². The Kier molecular flexibility index (Phi) is 7.15. The summed E-state index contributed by atoms with van der Waals surface area (Å²) in [5, 5.41) is 0. The quantitative estimate of drug-likeness (QED) is 0.722. The maximum absolute atomic E-state index is 12.1. The van der Waals surface area contributed by atoms with Crippen molar-refractivity contribution < 1.29 is 13.2 Å². The van der Waals surface area contributed by atoms with Gasteiger partial charge < -0.3 is 4.74 Å². The molecule has 0 radical (unpaired) electrons. The van der Waals surface area contributed by atoms with Crippen molar-refractivity contribution in [3.8, 4) is 0 Å². The number of halogens is 1. The van der Waals surface area contributed by atoms with Gasteiger partial charge in [-0.2, -0.15) is 0 Å². The lowest BCUT2D eigenvalue weighted by Crippen LogP contribution is -2.26. The van der Waals surface area contributed by atoms with E-state index in [1.165, 1.54) is 0 Å². The van der Waals surface area contributed by atoms with Crippen molar-refractivity contribution >= 4 is 26.0 Å². The molecular weight excluding hydrogens is 342 g/mol. The molecule has 0 heterocycles. The molecule has 0 aliphatic carbocycles. The van der Waals surface area contributed by atoms with Gasteiger partial charge in [-0.3, -0.25) is 0 Å². The number of nitrogens with one attached hydrogen (secondary N) is 1. The van der Waals surface area contributed by atoms with E-state index in [1.807, 2.05) is 6.92 Å². The van der Waals surface area contributed by atoms with E-state index in [1.54, 1.807) is 18.2 Å².